The largest absolute Gasteiger partial charge is 0.361 e. The van der Waals surface area contributed by atoms with Crippen molar-refractivity contribution < 1.29 is 4.52 Å². The number of aryl methyl sites for hydroxylation is 1. The number of nitrogens with one attached hydrogen (secondary N) is 1. The van der Waals surface area contributed by atoms with Gasteiger partial charge in [0.25, 0.3) is 0 Å². The topological polar surface area (TPSA) is 38.1 Å². The lowest BCUT2D eigenvalue weighted by Gasteiger charge is -2.08. The van der Waals surface area contributed by atoms with Crippen LogP contribution in [-0.4, -0.2) is 11.2 Å². The van der Waals surface area contributed by atoms with Gasteiger partial charge in [-0.1, -0.05) is 43.7 Å². The predicted molar refractivity (Wildman–Crippen MR) is 80.7 cm³/mol. The predicted octanol–water partition coefficient (Wildman–Crippen LogP) is 4.15. The van der Waals surface area contributed by atoms with Gasteiger partial charge in [-0.25, -0.2) is 0 Å². The second-order valence-corrected chi connectivity index (χ2v) is 6.51. The summed E-state index contributed by atoms with van der Waals surface area (Å²) in [6, 6.07) is 0.744. The van der Waals surface area contributed by atoms with Crippen molar-refractivity contribution in [1.82, 2.24) is 10.5 Å². The minimum atomic E-state index is 0.744. The van der Waals surface area contributed by atoms with Crippen LogP contribution in [0.3, 0.4) is 0 Å². The molecule has 3 heteroatoms. The van der Waals surface area contributed by atoms with Crippen LogP contribution in [0.1, 0.15) is 81.2 Å². The van der Waals surface area contributed by atoms with Crippen LogP contribution >= 0.6 is 0 Å². The van der Waals surface area contributed by atoms with Gasteiger partial charge in [-0.3, -0.25) is 0 Å². The van der Waals surface area contributed by atoms with E-state index in [9.17, 15) is 0 Å². The van der Waals surface area contributed by atoms with E-state index in [1.807, 2.05) is 0 Å². The van der Waals surface area contributed by atoms with Crippen molar-refractivity contribution in [2.75, 3.05) is 0 Å². The van der Waals surface area contributed by atoms with Crippen LogP contribution < -0.4 is 5.32 Å². The van der Waals surface area contributed by atoms with E-state index >= 15 is 0 Å². The van der Waals surface area contributed by atoms with E-state index in [4.69, 9.17) is 4.52 Å². The molecular weight excluding hydrogens is 248 g/mol. The normalized spacial score (nSPS) is 21.8. The van der Waals surface area contributed by atoms with E-state index in [1.165, 1.54) is 87.6 Å². The summed E-state index contributed by atoms with van der Waals surface area (Å²) in [5.74, 6) is 1.18. The van der Waals surface area contributed by atoms with E-state index in [-0.39, 0.29) is 0 Å². The van der Waals surface area contributed by atoms with Gasteiger partial charge in [0, 0.05) is 24.6 Å². The molecule has 0 radical (unpaired) electrons. The Morgan fingerprint density at radius 2 is 1.55 bits per heavy atom. The molecule has 1 saturated carbocycles. The number of aromatic nitrogens is 1. The van der Waals surface area contributed by atoms with Gasteiger partial charge in [0.2, 0.25) is 0 Å². The van der Waals surface area contributed by atoms with Crippen LogP contribution in [0, 0.1) is 0 Å². The molecule has 0 amide bonds. The van der Waals surface area contributed by atoms with Crippen LogP contribution in [0.5, 0.6) is 0 Å². The number of rotatable bonds is 3. The molecule has 3 nitrogen and oxygen atoms in total. The van der Waals surface area contributed by atoms with Crippen molar-refractivity contribution in [2.24, 2.45) is 0 Å². The summed E-state index contributed by atoms with van der Waals surface area (Å²) in [6.45, 7) is 0.906. The van der Waals surface area contributed by atoms with Crippen molar-refractivity contribution in [1.29, 1.82) is 0 Å². The Labute approximate surface area is 122 Å². The second kappa shape index (κ2) is 7.26. The quantitative estimate of drug-likeness (QED) is 0.901. The Kier molecular flexibility index (Phi) is 5.12. The lowest BCUT2D eigenvalue weighted by atomic mass is 9.98. The lowest BCUT2D eigenvalue weighted by Crippen LogP contribution is -2.16. The fourth-order valence-corrected chi connectivity index (χ4v) is 3.18. The smallest absolute Gasteiger partial charge is 0.140 e. The molecule has 2 aliphatic carbocycles. The molecule has 20 heavy (non-hydrogen) atoms. The van der Waals surface area contributed by atoms with Gasteiger partial charge in [0.15, 0.2) is 0 Å². The molecule has 0 bridgehead atoms. The summed E-state index contributed by atoms with van der Waals surface area (Å²) in [4.78, 5) is 0. The summed E-state index contributed by atoms with van der Waals surface area (Å²) < 4.78 is 5.65. The number of hydrogen-bond donors (Lipinski definition) is 1. The first-order valence-electron chi connectivity index (χ1n) is 8.63. The first kappa shape index (κ1) is 14.1. The molecule has 0 aliphatic heterocycles. The first-order valence-corrected chi connectivity index (χ1v) is 8.63. The van der Waals surface area contributed by atoms with Crippen molar-refractivity contribution in [3.8, 4) is 0 Å². The van der Waals surface area contributed by atoms with E-state index in [2.05, 4.69) is 10.5 Å². The van der Waals surface area contributed by atoms with Crippen molar-refractivity contribution in [3.63, 3.8) is 0 Å². The van der Waals surface area contributed by atoms with Crippen LogP contribution in [0.25, 0.3) is 0 Å². The third kappa shape index (κ3) is 4.08. The van der Waals surface area contributed by atoms with Crippen LogP contribution in [0.4, 0.5) is 0 Å². The Morgan fingerprint density at radius 3 is 2.25 bits per heavy atom. The summed E-state index contributed by atoms with van der Waals surface area (Å²) in [5.41, 5.74) is 2.61. The number of nitrogens with zero attached hydrogens (tertiary/aromatic N) is 1. The monoisotopic (exact) mass is 276 g/mol. The standard InChI is InChI=1S/C17H28N2O/c1-2-4-6-8-10-17-15(9-7-5-3-1)16(19-20-17)13-18-14-11-12-14/h14,18H,1-13H2. The van der Waals surface area contributed by atoms with E-state index < -0.39 is 0 Å². The van der Waals surface area contributed by atoms with E-state index in [0.29, 0.717) is 0 Å². The molecule has 1 aromatic heterocycles. The zero-order valence-electron chi connectivity index (χ0n) is 12.6. The zero-order valence-corrected chi connectivity index (χ0v) is 12.6. The van der Waals surface area contributed by atoms with Gasteiger partial charge in [-0.15, -0.1) is 0 Å². The Bertz CT molecular complexity index is 409. The summed E-state index contributed by atoms with van der Waals surface area (Å²) in [5, 5.41) is 7.92. The molecule has 1 N–H and O–H groups in total. The highest BCUT2D eigenvalue weighted by Crippen LogP contribution is 2.24. The molecule has 1 aromatic rings. The first-order chi connectivity index (χ1) is 9.93. The van der Waals surface area contributed by atoms with Gasteiger partial charge >= 0.3 is 0 Å². The third-order valence-corrected chi connectivity index (χ3v) is 4.67. The molecule has 0 aromatic carbocycles. The highest BCUT2D eigenvalue weighted by molar-refractivity contribution is 5.23. The number of hydrogen-bond acceptors (Lipinski definition) is 3. The van der Waals surface area contributed by atoms with Crippen LogP contribution in [-0.2, 0) is 19.4 Å². The summed E-state index contributed by atoms with van der Waals surface area (Å²) >= 11 is 0. The third-order valence-electron chi connectivity index (χ3n) is 4.67. The maximum absolute atomic E-state index is 5.65. The fraction of sp³-hybridized carbons (Fsp3) is 0.824. The van der Waals surface area contributed by atoms with Gasteiger partial charge < -0.3 is 9.84 Å². The van der Waals surface area contributed by atoms with E-state index in [1.54, 1.807) is 0 Å². The average molecular weight is 276 g/mol. The summed E-state index contributed by atoms with van der Waals surface area (Å²) in [7, 11) is 0. The van der Waals surface area contributed by atoms with Crippen molar-refractivity contribution >= 4 is 0 Å². The fourth-order valence-electron chi connectivity index (χ4n) is 3.18. The Morgan fingerprint density at radius 1 is 0.900 bits per heavy atom. The number of fused-ring (bicyclic) bond motifs is 1. The van der Waals surface area contributed by atoms with Gasteiger partial charge in [-0.05, 0) is 32.1 Å². The van der Waals surface area contributed by atoms with Gasteiger partial charge in [-0.2, -0.15) is 0 Å². The van der Waals surface area contributed by atoms with Crippen LogP contribution in [0.2, 0.25) is 0 Å². The minimum absolute atomic E-state index is 0.744. The van der Waals surface area contributed by atoms with Crippen molar-refractivity contribution in [2.45, 2.75) is 89.6 Å². The molecule has 1 heterocycles. The Hall–Kier alpha value is -0.830. The van der Waals surface area contributed by atoms with Crippen molar-refractivity contribution in [3.05, 3.63) is 17.0 Å². The molecule has 3 rings (SSSR count). The molecule has 0 unspecified atom stereocenters. The average Bonchev–Trinajstić information content (AvgIpc) is 3.20. The highest BCUT2D eigenvalue weighted by atomic mass is 16.5. The van der Waals surface area contributed by atoms with Gasteiger partial charge in [0.1, 0.15) is 11.5 Å². The SMILES string of the molecule is C1CCCCCc2c(CNC3CC3)noc2CCCC1. The zero-order chi connectivity index (χ0) is 13.6. The van der Waals surface area contributed by atoms with E-state index in [0.717, 1.165) is 19.0 Å². The summed E-state index contributed by atoms with van der Waals surface area (Å²) in [6.07, 6.45) is 15.8. The molecule has 1 fully saturated rings. The molecule has 112 valence electrons. The lowest BCUT2D eigenvalue weighted by molar-refractivity contribution is 0.369. The van der Waals surface area contributed by atoms with Gasteiger partial charge in [0.05, 0.1) is 0 Å². The molecule has 0 saturated heterocycles. The van der Waals surface area contributed by atoms with Crippen LogP contribution in [0.15, 0.2) is 4.52 Å². The second-order valence-electron chi connectivity index (χ2n) is 6.51. The highest BCUT2D eigenvalue weighted by Gasteiger charge is 2.22. The maximum atomic E-state index is 5.65. The minimum Gasteiger partial charge on any atom is -0.361 e. The molecule has 2 aliphatic rings. The molecule has 0 spiro atoms. The molecule has 0 atom stereocenters. The molecular formula is C17H28N2O. The maximum Gasteiger partial charge on any atom is 0.140 e. The Balaban J connectivity index is 1.63.